The van der Waals surface area contributed by atoms with E-state index in [4.69, 9.17) is 4.42 Å². The maximum absolute atomic E-state index is 13.2. The first kappa shape index (κ1) is 22.7. The molecule has 6 nitrogen and oxygen atoms in total. The Morgan fingerprint density at radius 3 is 2.52 bits per heavy atom. The summed E-state index contributed by atoms with van der Waals surface area (Å²) in [4.78, 5) is 13.2. The topological polar surface area (TPSA) is 72.9 Å². The van der Waals surface area contributed by atoms with Gasteiger partial charge in [-0.2, -0.15) is 13.2 Å². The molecule has 0 unspecified atom stereocenters. The minimum atomic E-state index is -4.51. The van der Waals surface area contributed by atoms with E-state index in [1.54, 1.807) is 48.2 Å². The summed E-state index contributed by atoms with van der Waals surface area (Å²) in [6.45, 7) is 1.81. The van der Waals surface area contributed by atoms with Crippen LogP contribution in [0.1, 0.15) is 22.1 Å². The highest BCUT2D eigenvalue weighted by Gasteiger charge is 2.31. The molecule has 4 rings (SSSR count). The van der Waals surface area contributed by atoms with Gasteiger partial charge in [0, 0.05) is 12.7 Å². The van der Waals surface area contributed by atoms with Crippen molar-refractivity contribution in [3.63, 3.8) is 0 Å². The van der Waals surface area contributed by atoms with Crippen LogP contribution in [-0.4, -0.2) is 20.7 Å². The van der Waals surface area contributed by atoms with Gasteiger partial charge >= 0.3 is 6.18 Å². The fraction of sp³-hybridized carbons (Fsp3) is 0.174. The lowest BCUT2D eigenvalue weighted by Crippen LogP contribution is -2.20. The van der Waals surface area contributed by atoms with Gasteiger partial charge in [-0.3, -0.25) is 4.79 Å². The predicted octanol–water partition coefficient (Wildman–Crippen LogP) is 5.87. The number of hydrogen-bond acceptors (Lipinski definition) is 5. The monoisotopic (exact) mass is 472 g/mol. The molecule has 10 heteroatoms. The Hall–Kier alpha value is -3.53. The molecular weight excluding hydrogens is 453 g/mol. The van der Waals surface area contributed by atoms with Gasteiger partial charge in [0.1, 0.15) is 11.0 Å². The van der Waals surface area contributed by atoms with Crippen molar-refractivity contribution in [1.29, 1.82) is 0 Å². The number of nitrogens with one attached hydrogen (secondary N) is 1. The first-order valence-electron chi connectivity index (χ1n) is 9.87. The Labute approximate surface area is 191 Å². The van der Waals surface area contributed by atoms with E-state index in [2.05, 4.69) is 15.5 Å². The Morgan fingerprint density at radius 1 is 1.09 bits per heavy atom. The third-order valence-electron chi connectivity index (χ3n) is 4.96. The number of rotatable bonds is 6. The van der Waals surface area contributed by atoms with Crippen molar-refractivity contribution in [2.45, 2.75) is 23.5 Å². The number of alkyl halides is 3. The number of amides is 1. The van der Waals surface area contributed by atoms with E-state index in [0.717, 1.165) is 29.5 Å². The van der Waals surface area contributed by atoms with E-state index in [1.807, 2.05) is 13.0 Å². The fourth-order valence-electron chi connectivity index (χ4n) is 3.26. The largest absolute Gasteiger partial charge is 0.469 e. The van der Waals surface area contributed by atoms with Crippen molar-refractivity contribution in [1.82, 2.24) is 14.8 Å². The number of nitrogens with zero attached hydrogens (tertiary/aromatic N) is 3. The second kappa shape index (κ2) is 9.14. The molecule has 0 aliphatic rings. The number of benzene rings is 2. The van der Waals surface area contributed by atoms with E-state index in [1.165, 1.54) is 12.1 Å². The van der Waals surface area contributed by atoms with Crippen molar-refractivity contribution in [2.24, 2.45) is 7.05 Å². The molecule has 0 aliphatic heterocycles. The number of thioether (sulfide) groups is 1. The molecule has 1 N–H and O–H groups in total. The van der Waals surface area contributed by atoms with E-state index >= 15 is 0 Å². The number of anilines is 1. The second-order valence-electron chi connectivity index (χ2n) is 7.23. The van der Waals surface area contributed by atoms with E-state index in [-0.39, 0.29) is 5.69 Å². The maximum Gasteiger partial charge on any atom is 0.416 e. The van der Waals surface area contributed by atoms with Crippen LogP contribution in [0, 0.1) is 6.92 Å². The van der Waals surface area contributed by atoms with Crippen LogP contribution < -0.4 is 5.32 Å². The maximum atomic E-state index is 13.2. The van der Waals surface area contributed by atoms with Crippen LogP contribution in [0.15, 0.2) is 76.5 Å². The molecule has 2 aromatic carbocycles. The van der Waals surface area contributed by atoms with Gasteiger partial charge in [-0.25, -0.2) is 0 Å². The first-order chi connectivity index (χ1) is 15.7. The van der Waals surface area contributed by atoms with Gasteiger partial charge in [-0.15, -0.1) is 10.2 Å². The summed E-state index contributed by atoms with van der Waals surface area (Å²) >= 11 is 1.15. The summed E-state index contributed by atoms with van der Waals surface area (Å²) in [6.07, 6.45) is -2.95. The molecule has 2 aromatic heterocycles. The zero-order valence-corrected chi connectivity index (χ0v) is 18.4. The summed E-state index contributed by atoms with van der Waals surface area (Å²) in [5, 5.41) is 10.7. The summed E-state index contributed by atoms with van der Waals surface area (Å²) < 4.78 is 46.3. The highest BCUT2D eigenvalue weighted by Crippen LogP contribution is 2.37. The summed E-state index contributed by atoms with van der Waals surface area (Å²) in [5.41, 5.74) is 0.680. The van der Waals surface area contributed by atoms with Crippen LogP contribution in [0.5, 0.6) is 0 Å². The molecule has 0 aliphatic carbocycles. The van der Waals surface area contributed by atoms with Crippen molar-refractivity contribution >= 4 is 23.4 Å². The Morgan fingerprint density at radius 2 is 1.85 bits per heavy atom. The van der Waals surface area contributed by atoms with Crippen molar-refractivity contribution in [2.75, 3.05) is 5.32 Å². The zero-order valence-electron chi connectivity index (χ0n) is 17.6. The predicted molar refractivity (Wildman–Crippen MR) is 119 cm³/mol. The molecular formula is C23H19F3N4O2S. The van der Waals surface area contributed by atoms with Crippen LogP contribution in [0.4, 0.5) is 18.9 Å². The van der Waals surface area contributed by atoms with Crippen molar-refractivity contribution < 1.29 is 22.4 Å². The molecule has 0 saturated carbocycles. The third-order valence-corrected chi connectivity index (χ3v) is 6.24. The van der Waals surface area contributed by atoms with E-state index < -0.39 is 22.9 Å². The molecule has 0 fully saturated rings. The minimum absolute atomic E-state index is 0.0593. The standard InChI is InChI=1S/C23H19F3N4O2S/c1-14-18(11-12-32-14)20-28-29-22(30(20)2)33-19(15-7-4-3-5-8-15)21(31)27-17-10-6-9-16(13-17)23(24,25)26/h3-13,19H,1-2H3,(H,27,31)/t19-/m0/s1. The molecule has 1 amide bonds. The number of furan rings is 1. The van der Waals surface area contributed by atoms with Crippen LogP contribution in [0.2, 0.25) is 0 Å². The summed E-state index contributed by atoms with van der Waals surface area (Å²) in [6, 6.07) is 15.3. The van der Waals surface area contributed by atoms with Crippen LogP contribution >= 0.6 is 11.8 Å². The smallest absolute Gasteiger partial charge is 0.416 e. The fourth-order valence-corrected chi connectivity index (χ4v) is 4.26. The van der Waals surface area contributed by atoms with E-state index in [0.29, 0.717) is 22.3 Å². The highest BCUT2D eigenvalue weighted by atomic mass is 32.2. The van der Waals surface area contributed by atoms with Crippen molar-refractivity contribution in [3.05, 3.63) is 83.8 Å². The number of carbonyl (C=O) groups is 1. The van der Waals surface area contributed by atoms with Gasteiger partial charge in [0.25, 0.3) is 0 Å². The zero-order chi connectivity index (χ0) is 23.6. The van der Waals surface area contributed by atoms with Crippen LogP contribution in [0.3, 0.4) is 0 Å². The van der Waals surface area contributed by atoms with Crippen LogP contribution in [-0.2, 0) is 18.0 Å². The number of hydrogen-bond donors (Lipinski definition) is 1. The van der Waals surface area contributed by atoms with E-state index in [9.17, 15) is 18.0 Å². The molecule has 33 heavy (non-hydrogen) atoms. The van der Waals surface area contributed by atoms with Gasteiger partial charge in [-0.05, 0) is 36.8 Å². The lowest BCUT2D eigenvalue weighted by molar-refractivity contribution is -0.137. The molecule has 0 spiro atoms. The lowest BCUT2D eigenvalue weighted by Gasteiger charge is -2.17. The van der Waals surface area contributed by atoms with Crippen LogP contribution in [0.25, 0.3) is 11.4 Å². The average Bonchev–Trinajstić information content (AvgIpc) is 3.37. The highest BCUT2D eigenvalue weighted by molar-refractivity contribution is 8.00. The van der Waals surface area contributed by atoms with Crippen molar-refractivity contribution in [3.8, 4) is 11.4 Å². The second-order valence-corrected chi connectivity index (χ2v) is 8.30. The summed E-state index contributed by atoms with van der Waals surface area (Å²) in [5.74, 6) is 0.785. The average molecular weight is 472 g/mol. The third kappa shape index (κ3) is 4.95. The number of aryl methyl sites for hydroxylation is 1. The molecule has 4 aromatic rings. The number of halogens is 3. The molecule has 2 heterocycles. The van der Waals surface area contributed by atoms with Gasteiger partial charge in [0.05, 0.1) is 17.4 Å². The Kier molecular flexibility index (Phi) is 6.28. The Balaban J connectivity index is 1.63. The molecule has 0 saturated heterocycles. The SMILES string of the molecule is Cc1occc1-c1nnc(S[C@H](C(=O)Nc2cccc(C(F)(F)F)c2)c2ccccc2)n1C. The normalized spacial score (nSPS) is 12.5. The molecule has 0 bridgehead atoms. The minimum Gasteiger partial charge on any atom is -0.469 e. The number of aromatic nitrogens is 3. The lowest BCUT2D eigenvalue weighted by atomic mass is 10.1. The number of carbonyl (C=O) groups excluding carboxylic acids is 1. The summed E-state index contributed by atoms with van der Waals surface area (Å²) in [7, 11) is 1.77. The van der Waals surface area contributed by atoms with Gasteiger partial charge in [0.2, 0.25) is 5.91 Å². The molecule has 170 valence electrons. The quantitative estimate of drug-likeness (QED) is 0.355. The van der Waals surface area contributed by atoms with Gasteiger partial charge in [0.15, 0.2) is 11.0 Å². The first-order valence-corrected chi connectivity index (χ1v) is 10.8. The van der Waals surface area contributed by atoms with Gasteiger partial charge in [-0.1, -0.05) is 48.2 Å². The Bertz CT molecular complexity index is 1270. The van der Waals surface area contributed by atoms with Gasteiger partial charge < -0.3 is 14.3 Å². The molecule has 1 atom stereocenters. The molecule has 0 radical (unpaired) electrons.